The van der Waals surface area contributed by atoms with Gasteiger partial charge in [0.1, 0.15) is 12.4 Å². The number of fused-ring (bicyclic) bond motifs is 5. The summed E-state index contributed by atoms with van der Waals surface area (Å²) < 4.78 is 6.12. The normalized spacial score (nSPS) is 27.8. The molecule has 0 N–H and O–H groups in total. The quantitative estimate of drug-likeness (QED) is 0.361. The predicted octanol–water partition coefficient (Wildman–Crippen LogP) is 7.32. The van der Waals surface area contributed by atoms with Crippen LogP contribution in [0.1, 0.15) is 55.2 Å². The lowest BCUT2D eigenvalue weighted by molar-refractivity contribution is -0.127. The third kappa shape index (κ3) is 4.05. The number of carbonyl (C=O) groups excluding carboxylic acids is 1. The predicted molar refractivity (Wildman–Crippen MR) is 145 cm³/mol. The van der Waals surface area contributed by atoms with Gasteiger partial charge in [0.2, 0.25) is 0 Å². The molecule has 0 radical (unpaired) electrons. The lowest BCUT2D eigenvalue weighted by atomic mass is 9.55. The molecule has 0 aliphatic heterocycles. The molecule has 6 rings (SSSR count). The fourth-order valence-corrected chi connectivity index (χ4v) is 7.15. The first kappa shape index (κ1) is 23.1. The van der Waals surface area contributed by atoms with Gasteiger partial charge >= 0.3 is 0 Å². The summed E-state index contributed by atoms with van der Waals surface area (Å²) in [6.07, 6.45) is 7.32. The number of hydrogen-bond acceptors (Lipinski definition) is 3. The van der Waals surface area contributed by atoms with Crippen molar-refractivity contribution in [3.63, 3.8) is 0 Å². The average Bonchev–Trinajstić information content (AvgIpc) is 3.18. The first-order valence-corrected chi connectivity index (χ1v) is 13.4. The molecule has 4 atom stereocenters. The Hall–Kier alpha value is -3.33. The van der Waals surface area contributed by atoms with E-state index in [1.54, 1.807) is 0 Å². The minimum absolute atomic E-state index is 0.221. The number of aryl methyl sites for hydroxylation is 1. The van der Waals surface area contributed by atoms with Gasteiger partial charge < -0.3 is 9.64 Å². The molecule has 184 valence electrons. The molecule has 3 aliphatic carbocycles. The van der Waals surface area contributed by atoms with E-state index in [4.69, 9.17) is 4.74 Å². The fraction of sp³-hybridized carbons (Fsp3) is 0.364. The zero-order valence-electron chi connectivity index (χ0n) is 21.3. The molecule has 0 bridgehead atoms. The topological polar surface area (TPSA) is 29.5 Å². The highest BCUT2D eigenvalue weighted by molar-refractivity contribution is 6.02. The number of allylic oxidation sites excluding steroid dienone is 1. The van der Waals surface area contributed by atoms with Crippen molar-refractivity contribution in [2.75, 3.05) is 11.9 Å². The van der Waals surface area contributed by atoms with E-state index in [1.165, 1.54) is 16.7 Å². The number of anilines is 1. The minimum Gasteiger partial charge on any atom is -0.489 e. The summed E-state index contributed by atoms with van der Waals surface area (Å²) >= 11 is 0. The highest BCUT2D eigenvalue weighted by Gasteiger charge is 2.56. The van der Waals surface area contributed by atoms with Crippen LogP contribution in [-0.4, -0.2) is 12.8 Å². The number of benzene rings is 3. The number of rotatable bonds is 5. The fourth-order valence-electron chi connectivity index (χ4n) is 7.15. The summed E-state index contributed by atoms with van der Waals surface area (Å²) in [6, 6.07) is 27.4. The maximum atomic E-state index is 13.7. The van der Waals surface area contributed by atoms with Gasteiger partial charge in [-0.1, -0.05) is 61.5 Å². The minimum atomic E-state index is -0.221. The number of para-hydroxylation sites is 1. The lowest BCUT2D eigenvalue weighted by Crippen LogP contribution is -2.42. The molecule has 3 heteroatoms. The smallest absolute Gasteiger partial charge is 0.166 e. The molecule has 0 saturated heterocycles. The van der Waals surface area contributed by atoms with Crippen LogP contribution < -0.4 is 9.64 Å². The van der Waals surface area contributed by atoms with Gasteiger partial charge in [0.25, 0.3) is 0 Å². The number of hydrogen-bond donors (Lipinski definition) is 0. The third-order valence-electron chi connectivity index (χ3n) is 9.10. The van der Waals surface area contributed by atoms with Gasteiger partial charge in [-0.25, -0.2) is 0 Å². The second-order valence-electron chi connectivity index (χ2n) is 11.1. The van der Waals surface area contributed by atoms with E-state index in [0.717, 1.165) is 49.1 Å². The second kappa shape index (κ2) is 9.28. The molecule has 0 spiro atoms. The lowest BCUT2D eigenvalue weighted by Gasteiger charge is -2.48. The summed E-state index contributed by atoms with van der Waals surface area (Å²) in [6.45, 7) is 2.84. The van der Waals surface area contributed by atoms with Crippen LogP contribution in [0.2, 0.25) is 0 Å². The first-order valence-electron chi connectivity index (χ1n) is 13.4. The van der Waals surface area contributed by atoms with Crippen molar-refractivity contribution in [3.05, 3.63) is 107 Å². The number of carbonyl (C=O) groups is 1. The van der Waals surface area contributed by atoms with Gasteiger partial charge in [-0.3, -0.25) is 4.79 Å². The molecule has 3 aliphatic rings. The van der Waals surface area contributed by atoms with Crippen LogP contribution in [0.15, 0.2) is 90.6 Å². The molecule has 3 nitrogen and oxygen atoms in total. The maximum Gasteiger partial charge on any atom is 0.166 e. The molecule has 0 amide bonds. The van der Waals surface area contributed by atoms with Crippen LogP contribution in [-0.2, 0) is 17.8 Å². The van der Waals surface area contributed by atoms with Gasteiger partial charge in [-0.05, 0) is 90.8 Å². The van der Waals surface area contributed by atoms with E-state index < -0.39 is 0 Å². The van der Waals surface area contributed by atoms with Crippen LogP contribution in [0.5, 0.6) is 5.75 Å². The van der Waals surface area contributed by atoms with Gasteiger partial charge in [0.15, 0.2) is 5.78 Å². The van der Waals surface area contributed by atoms with Crippen molar-refractivity contribution in [1.82, 2.24) is 0 Å². The van der Waals surface area contributed by atoms with Gasteiger partial charge in [0.05, 0.1) is 0 Å². The van der Waals surface area contributed by atoms with Crippen molar-refractivity contribution in [2.24, 2.45) is 17.3 Å². The molecule has 0 aromatic heterocycles. The second-order valence-corrected chi connectivity index (χ2v) is 11.1. The molecule has 3 aromatic carbocycles. The maximum absolute atomic E-state index is 13.7. The molecule has 36 heavy (non-hydrogen) atoms. The van der Waals surface area contributed by atoms with Crippen LogP contribution in [0.25, 0.3) is 0 Å². The van der Waals surface area contributed by atoms with E-state index in [9.17, 15) is 4.79 Å². The Kier molecular flexibility index (Phi) is 5.95. The molecule has 0 heterocycles. The molecular formula is C33H35NO2. The van der Waals surface area contributed by atoms with Crippen molar-refractivity contribution in [3.8, 4) is 5.75 Å². The molecule has 3 aromatic rings. The Bertz CT molecular complexity index is 1280. The molecular weight excluding hydrogens is 442 g/mol. The number of ketones is 1. The Morgan fingerprint density at radius 1 is 1.00 bits per heavy atom. The Morgan fingerprint density at radius 3 is 2.53 bits per heavy atom. The largest absolute Gasteiger partial charge is 0.489 e. The van der Waals surface area contributed by atoms with E-state index in [1.807, 2.05) is 24.3 Å². The van der Waals surface area contributed by atoms with Crippen LogP contribution in [0.4, 0.5) is 5.69 Å². The molecule has 2 saturated carbocycles. The summed E-state index contributed by atoms with van der Waals surface area (Å²) in [7, 11) is 2.05. The molecule has 0 unspecified atom stereocenters. The highest BCUT2D eigenvalue weighted by atomic mass is 16.5. The van der Waals surface area contributed by atoms with Crippen molar-refractivity contribution in [2.45, 2.75) is 51.6 Å². The number of Topliss-reactive ketones (excluding diaryl/α,β-unsaturated/α-hetero) is 1. The van der Waals surface area contributed by atoms with Crippen molar-refractivity contribution < 1.29 is 9.53 Å². The van der Waals surface area contributed by atoms with Crippen molar-refractivity contribution >= 4 is 11.5 Å². The van der Waals surface area contributed by atoms with Crippen LogP contribution in [0, 0.1) is 17.3 Å². The Balaban J connectivity index is 1.21. The number of ether oxygens (including phenoxy) is 1. The Morgan fingerprint density at radius 2 is 1.75 bits per heavy atom. The van der Waals surface area contributed by atoms with Crippen LogP contribution >= 0.6 is 0 Å². The summed E-state index contributed by atoms with van der Waals surface area (Å²) in [5, 5.41) is 0. The zero-order valence-corrected chi connectivity index (χ0v) is 21.3. The van der Waals surface area contributed by atoms with E-state index in [-0.39, 0.29) is 5.41 Å². The SMILES string of the molecule is CN(C=C1C[C@H]2[C@@H]3CCc4cc(OCc5ccccc5)ccc4[C@H]3CC[C@]2(C)C1=O)c1ccccc1. The van der Waals surface area contributed by atoms with Gasteiger partial charge in [-0.15, -0.1) is 0 Å². The summed E-state index contributed by atoms with van der Waals surface area (Å²) in [5.74, 6) is 2.89. The summed E-state index contributed by atoms with van der Waals surface area (Å²) in [4.78, 5) is 15.8. The zero-order chi connectivity index (χ0) is 24.7. The third-order valence-corrected chi connectivity index (χ3v) is 9.10. The number of nitrogens with zero attached hydrogens (tertiary/aromatic N) is 1. The van der Waals surface area contributed by atoms with Gasteiger partial charge in [-0.2, -0.15) is 0 Å². The standard InChI is InChI=1S/C33H35NO2/c1-33-18-17-29-28-16-14-27(36-22-23-9-5-3-6-10-23)19-24(28)13-15-30(29)31(33)20-25(32(33)35)21-34(2)26-11-7-4-8-12-26/h3-12,14,16,19,21,29-31H,13,15,17-18,20,22H2,1-2H3/t29-,30-,31+,33+/m1/s1. The first-order chi connectivity index (χ1) is 17.5. The van der Waals surface area contributed by atoms with E-state index in [0.29, 0.717) is 30.1 Å². The van der Waals surface area contributed by atoms with E-state index in [2.05, 4.69) is 79.7 Å². The van der Waals surface area contributed by atoms with Gasteiger partial charge in [0, 0.05) is 29.9 Å². The average molecular weight is 478 g/mol. The Labute approximate surface area is 214 Å². The highest BCUT2D eigenvalue weighted by Crippen LogP contribution is 2.60. The van der Waals surface area contributed by atoms with Crippen molar-refractivity contribution in [1.29, 1.82) is 0 Å². The van der Waals surface area contributed by atoms with Crippen LogP contribution in [0.3, 0.4) is 0 Å². The monoisotopic (exact) mass is 477 g/mol. The summed E-state index contributed by atoms with van der Waals surface area (Å²) in [5.41, 5.74) is 6.02. The van der Waals surface area contributed by atoms with E-state index >= 15 is 0 Å². The molecule has 2 fully saturated rings.